The van der Waals surface area contributed by atoms with Gasteiger partial charge >= 0.3 is 0 Å². The fourth-order valence-electron chi connectivity index (χ4n) is 1.84. The van der Waals surface area contributed by atoms with Crippen molar-refractivity contribution in [2.24, 2.45) is 0 Å². The second kappa shape index (κ2) is 6.61. The molecule has 94 valence electrons. The predicted molar refractivity (Wildman–Crippen MR) is 76.0 cm³/mol. The van der Waals surface area contributed by atoms with Crippen molar-refractivity contribution in [1.82, 2.24) is 15.3 Å². The summed E-state index contributed by atoms with van der Waals surface area (Å²) >= 11 is 3.45. The molecule has 1 N–H and O–H groups in total. The Balaban J connectivity index is 1.99. The van der Waals surface area contributed by atoms with E-state index < -0.39 is 0 Å². The van der Waals surface area contributed by atoms with Gasteiger partial charge in [-0.3, -0.25) is 9.97 Å². The highest BCUT2D eigenvalue weighted by Crippen LogP contribution is 2.19. The number of aromatic nitrogens is 2. The van der Waals surface area contributed by atoms with Gasteiger partial charge in [0.15, 0.2) is 0 Å². The molecular formula is C14H16BrN3. The van der Waals surface area contributed by atoms with Crippen LogP contribution in [0.3, 0.4) is 0 Å². The van der Waals surface area contributed by atoms with Gasteiger partial charge < -0.3 is 5.32 Å². The van der Waals surface area contributed by atoms with Gasteiger partial charge in [0.1, 0.15) is 0 Å². The van der Waals surface area contributed by atoms with Crippen molar-refractivity contribution in [3.8, 4) is 0 Å². The Morgan fingerprint density at radius 2 is 2.00 bits per heavy atom. The molecule has 0 spiro atoms. The summed E-state index contributed by atoms with van der Waals surface area (Å²) in [7, 11) is 0. The summed E-state index contributed by atoms with van der Waals surface area (Å²) in [5, 5.41) is 3.50. The van der Waals surface area contributed by atoms with E-state index in [9.17, 15) is 0 Å². The third-order valence-electron chi connectivity index (χ3n) is 2.83. The van der Waals surface area contributed by atoms with E-state index in [4.69, 9.17) is 0 Å². The number of rotatable bonds is 5. The highest BCUT2D eigenvalue weighted by Gasteiger charge is 2.08. The van der Waals surface area contributed by atoms with Crippen LogP contribution in [0.2, 0.25) is 0 Å². The molecule has 0 aliphatic rings. The van der Waals surface area contributed by atoms with Gasteiger partial charge in [-0.05, 0) is 24.1 Å². The first-order chi connectivity index (χ1) is 8.79. The molecule has 0 saturated carbocycles. The van der Waals surface area contributed by atoms with Crippen LogP contribution in [-0.2, 0) is 6.54 Å². The van der Waals surface area contributed by atoms with Gasteiger partial charge in [0, 0.05) is 35.6 Å². The van der Waals surface area contributed by atoms with Gasteiger partial charge in [-0.2, -0.15) is 0 Å². The molecule has 1 aromatic carbocycles. The highest BCUT2D eigenvalue weighted by atomic mass is 79.9. The van der Waals surface area contributed by atoms with E-state index in [0.717, 1.165) is 23.1 Å². The van der Waals surface area contributed by atoms with E-state index in [1.807, 2.05) is 0 Å². The van der Waals surface area contributed by atoms with Crippen LogP contribution in [0, 0.1) is 0 Å². The lowest BCUT2D eigenvalue weighted by Gasteiger charge is -2.17. The molecular weight excluding hydrogens is 290 g/mol. The quantitative estimate of drug-likeness (QED) is 0.919. The Morgan fingerprint density at radius 1 is 1.22 bits per heavy atom. The minimum Gasteiger partial charge on any atom is -0.304 e. The van der Waals surface area contributed by atoms with E-state index in [-0.39, 0.29) is 0 Å². The average molecular weight is 306 g/mol. The molecule has 1 unspecified atom stereocenters. The van der Waals surface area contributed by atoms with Crippen molar-refractivity contribution < 1.29 is 0 Å². The molecule has 18 heavy (non-hydrogen) atoms. The van der Waals surface area contributed by atoms with Crippen LogP contribution in [0.15, 0.2) is 47.3 Å². The number of nitrogens with one attached hydrogen (secondary N) is 1. The van der Waals surface area contributed by atoms with Gasteiger partial charge in [-0.25, -0.2) is 0 Å². The molecule has 0 saturated heterocycles. The smallest absolute Gasteiger partial charge is 0.0724 e. The van der Waals surface area contributed by atoms with Gasteiger partial charge in [0.05, 0.1) is 5.69 Å². The summed E-state index contributed by atoms with van der Waals surface area (Å²) in [6.45, 7) is 2.92. The molecule has 4 heteroatoms. The summed E-state index contributed by atoms with van der Waals surface area (Å²) < 4.78 is 1.11. The second-order valence-corrected chi connectivity index (χ2v) is 5.01. The lowest BCUT2D eigenvalue weighted by molar-refractivity contribution is 0.513. The number of hydrogen-bond acceptors (Lipinski definition) is 3. The zero-order chi connectivity index (χ0) is 12.8. The lowest BCUT2D eigenvalue weighted by atomic mass is 10.0. The molecule has 0 aliphatic heterocycles. The Morgan fingerprint density at radius 3 is 2.61 bits per heavy atom. The molecule has 0 fully saturated rings. The third kappa shape index (κ3) is 3.62. The highest BCUT2D eigenvalue weighted by molar-refractivity contribution is 9.10. The second-order valence-electron chi connectivity index (χ2n) is 4.09. The predicted octanol–water partition coefficient (Wildman–Crippen LogP) is 3.48. The van der Waals surface area contributed by atoms with Crippen LogP contribution in [0.25, 0.3) is 0 Å². The Bertz CT molecular complexity index is 470. The fraction of sp³-hybridized carbons (Fsp3) is 0.286. The maximum Gasteiger partial charge on any atom is 0.0724 e. The van der Waals surface area contributed by atoms with Crippen LogP contribution in [-0.4, -0.2) is 9.97 Å². The number of benzene rings is 1. The van der Waals surface area contributed by atoms with Crippen LogP contribution in [0.5, 0.6) is 0 Å². The van der Waals surface area contributed by atoms with Crippen molar-refractivity contribution >= 4 is 15.9 Å². The number of nitrogens with zero attached hydrogens (tertiary/aromatic N) is 2. The van der Waals surface area contributed by atoms with Crippen molar-refractivity contribution in [3.05, 3.63) is 58.6 Å². The van der Waals surface area contributed by atoms with Crippen molar-refractivity contribution in [1.29, 1.82) is 0 Å². The monoisotopic (exact) mass is 305 g/mol. The van der Waals surface area contributed by atoms with Crippen molar-refractivity contribution in [2.45, 2.75) is 25.9 Å². The van der Waals surface area contributed by atoms with Crippen LogP contribution in [0.4, 0.5) is 0 Å². The average Bonchev–Trinajstić information content (AvgIpc) is 2.42. The number of halogens is 1. The summed E-state index contributed by atoms with van der Waals surface area (Å²) in [5.41, 5.74) is 2.26. The van der Waals surface area contributed by atoms with E-state index in [2.05, 4.69) is 62.4 Å². The molecule has 0 amide bonds. The van der Waals surface area contributed by atoms with Gasteiger partial charge in [0.25, 0.3) is 0 Å². The summed E-state index contributed by atoms with van der Waals surface area (Å²) in [5.74, 6) is 0. The van der Waals surface area contributed by atoms with E-state index in [1.54, 1.807) is 18.6 Å². The molecule has 1 aromatic heterocycles. The maximum atomic E-state index is 4.26. The SMILES string of the molecule is CCC(NCc1cnccn1)c1ccc(Br)cc1. The number of hydrogen-bond donors (Lipinski definition) is 1. The van der Waals surface area contributed by atoms with Crippen molar-refractivity contribution in [3.63, 3.8) is 0 Å². The lowest BCUT2D eigenvalue weighted by Crippen LogP contribution is -2.20. The minimum atomic E-state index is 0.347. The van der Waals surface area contributed by atoms with Crippen LogP contribution in [0.1, 0.15) is 30.6 Å². The Hall–Kier alpha value is -1.26. The molecule has 3 nitrogen and oxygen atoms in total. The standard InChI is InChI=1S/C14H16BrN3/c1-2-14(11-3-5-12(15)6-4-11)18-10-13-9-16-7-8-17-13/h3-9,14,18H,2,10H2,1H3. The summed E-state index contributed by atoms with van der Waals surface area (Å²) in [6, 6.07) is 8.77. The topological polar surface area (TPSA) is 37.8 Å². The van der Waals surface area contributed by atoms with E-state index >= 15 is 0 Å². The first kappa shape index (κ1) is 13.2. The molecule has 2 rings (SSSR count). The molecule has 2 aromatic rings. The molecule has 1 atom stereocenters. The first-order valence-electron chi connectivity index (χ1n) is 6.03. The summed E-state index contributed by atoms with van der Waals surface area (Å²) in [6.07, 6.45) is 6.25. The van der Waals surface area contributed by atoms with Crippen LogP contribution < -0.4 is 5.32 Å². The van der Waals surface area contributed by atoms with Gasteiger partial charge in [-0.15, -0.1) is 0 Å². The van der Waals surface area contributed by atoms with E-state index in [1.165, 1.54) is 5.56 Å². The Kier molecular flexibility index (Phi) is 4.84. The molecule has 0 aliphatic carbocycles. The Labute approximate surface area is 116 Å². The zero-order valence-electron chi connectivity index (χ0n) is 10.3. The maximum absolute atomic E-state index is 4.26. The molecule has 0 radical (unpaired) electrons. The molecule has 0 bridgehead atoms. The fourth-order valence-corrected chi connectivity index (χ4v) is 2.11. The normalized spacial score (nSPS) is 12.3. The summed E-state index contributed by atoms with van der Waals surface area (Å²) in [4.78, 5) is 8.32. The van der Waals surface area contributed by atoms with Gasteiger partial charge in [-0.1, -0.05) is 35.0 Å². The molecule has 1 heterocycles. The third-order valence-corrected chi connectivity index (χ3v) is 3.36. The van der Waals surface area contributed by atoms with Gasteiger partial charge in [0.2, 0.25) is 0 Å². The van der Waals surface area contributed by atoms with Crippen molar-refractivity contribution in [2.75, 3.05) is 0 Å². The van der Waals surface area contributed by atoms with Crippen LogP contribution >= 0.6 is 15.9 Å². The van der Waals surface area contributed by atoms with E-state index in [0.29, 0.717) is 6.04 Å². The largest absolute Gasteiger partial charge is 0.304 e. The first-order valence-corrected chi connectivity index (χ1v) is 6.82. The minimum absolute atomic E-state index is 0.347. The zero-order valence-corrected chi connectivity index (χ0v) is 11.9.